The lowest BCUT2D eigenvalue weighted by Gasteiger charge is -2.44. The molecule has 30 heavy (non-hydrogen) atoms. The lowest BCUT2D eigenvalue weighted by atomic mass is 9.71. The number of ether oxygens (including phenoxy) is 2. The molecule has 0 amide bonds. The van der Waals surface area contributed by atoms with Crippen molar-refractivity contribution in [3.05, 3.63) is 46.3 Å². The average molecular weight is 410 g/mol. The third-order valence-corrected chi connectivity index (χ3v) is 6.35. The first-order valence-corrected chi connectivity index (χ1v) is 11.2. The Balaban J connectivity index is 1.91. The van der Waals surface area contributed by atoms with Gasteiger partial charge >= 0.3 is 0 Å². The topological polar surface area (TPSA) is 55.8 Å². The summed E-state index contributed by atoms with van der Waals surface area (Å²) in [4.78, 5) is 28.7. The predicted molar refractivity (Wildman–Crippen MR) is 116 cm³/mol. The van der Waals surface area contributed by atoms with Gasteiger partial charge in [0.15, 0.2) is 23.1 Å². The molecule has 5 nitrogen and oxygen atoms in total. The first-order valence-electron chi connectivity index (χ1n) is 11.2. The minimum Gasteiger partial charge on any atom is -0.493 e. The van der Waals surface area contributed by atoms with Crippen molar-refractivity contribution in [2.75, 3.05) is 20.3 Å². The molecule has 0 unspecified atom stereocenters. The summed E-state index contributed by atoms with van der Waals surface area (Å²) in [6.45, 7) is 5.50. The molecule has 2 aliphatic carbocycles. The van der Waals surface area contributed by atoms with Crippen LogP contribution in [0.3, 0.4) is 0 Å². The van der Waals surface area contributed by atoms with E-state index in [1.165, 1.54) is 0 Å². The predicted octanol–water partition coefficient (Wildman–Crippen LogP) is 4.92. The molecule has 1 aromatic carbocycles. The fraction of sp³-hybridized carbons (Fsp3) is 0.520. The number of methoxy groups -OCH3 is 1. The van der Waals surface area contributed by atoms with E-state index in [0.717, 1.165) is 66.8 Å². The average Bonchev–Trinajstić information content (AvgIpc) is 2.75. The number of benzene rings is 1. The van der Waals surface area contributed by atoms with E-state index in [-0.39, 0.29) is 17.5 Å². The maximum absolute atomic E-state index is 13.2. The van der Waals surface area contributed by atoms with E-state index in [1.807, 2.05) is 25.1 Å². The van der Waals surface area contributed by atoms with Crippen LogP contribution >= 0.6 is 0 Å². The Morgan fingerprint density at radius 2 is 1.57 bits per heavy atom. The van der Waals surface area contributed by atoms with Gasteiger partial charge in [0.05, 0.1) is 13.7 Å². The third-order valence-electron chi connectivity index (χ3n) is 6.35. The number of ketones is 2. The van der Waals surface area contributed by atoms with Gasteiger partial charge in [-0.3, -0.25) is 9.59 Å². The number of allylic oxidation sites excluding steroid dienone is 4. The van der Waals surface area contributed by atoms with E-state index in [4.69, 9.17) is 9.47 Å². The van der Waals surface area contributed by atoms with Crippen molar-refractivity contribution in [3.8, 4) is 11.5 Å². The smallest absolute Gasteiger partial charge is 0.161 e. The molecule has 1 aromatic rings. The number of carbonyl (C=O) groups excluding carboxylic acids is 2. The molecule has 1 aliphatic heterocycles. The Kier molecular flexibility index (Phi) is 5.98. The highest BCUT2D eigenvalue weighted by molar-refractivity contribution is 6.06. The second-order valence-corrected chi connectivity index (χ2v) is 8.20. The van der Waals surface area contributed by atoms with Gasteiger partial charge in [0.25, 0.3) is 0 Å². The molecular formula is C25H31NO4. The zero-order valence-corrected chi connectivity index (χ0v) is 18.3. The first-order chi connectivity index (χ1) is 14.6. The van der Waals surface area contributed by atoms with Gasteiger partial charge in [-0.15, -0.1) is 0 Å². The highest BCUT2D eigenvalue weighted by atomic mass is 16.5. The third kappa shape index (κ3) is 3.44. The number of hydrogen-bond donors (Lipinski definition) is 0. The maximum Gasteiger partial charge on any atom is 0.161 e. The summed E-state index contributed by atoms with van der Waals surface area (Å²) >= 11 is 0. The van der Waals surface area contributed by atoms with Gasteiger partial charge < -0.3 is 14.4 Å². The van der Waals surface area contributed by atoms with Crippen molar-refractivity contribution in [1.82, 2.24) is 4.90 Å². The fourth-order valence-electron chi connectivity index (χ4n) is 5.18. The molecule has 1 heterocycles. The van der Waals surface area contributed by atoms with E-state index in [0.29, 0.717) is 30.9 Å². The van der Waals surface area contributed by atoms with Crippen LogP contribution in [0.2, 0.25) is 0 Å². The minimum absolute atomic E-state index is 0.181. The quantitative estimate of drug-likeness (QED) is 0.668. The monoisotopic (exact) mass is 409 g/mol. The molecule has 4 rings (SSSR count). The highest BCUT2D eigenvalue weighted by Crippen LogP contribution is 2.50. The summed E-state index contributed by atoms with van der Waals surface area (Å²) in [5.41, 5.74) is 4.88. The van der Waals surface area contributed by atoms with Gasteiger partial charge in [-0.1, -0.05) is 13.0 Å². The van der Waals surface area contributed by atoms with Gasteiger partial charge in [-0.2, -0.15) is 0 Å². The van der Waals surface area contributed by atoms with E-state index in [2.05, 4.69) is 11.8 Å². The highest BCUT2D eigenvalue weighted by Gasteiger charge is 2.43. The number of hydrogen-bond acceptors (Lipinski definition) is 5. The molecule has 5 heteroatoms. The van der Waals surface area contributed by atoms with Crippen molar-refractivity contribution >= 4 is 11.6 Å². The van der Waals surface area contributed by atoms with Crippen LogP contribution in [0.15, 0.2) is 40.7 Å². The number of nitrogens with zero attached hydrogens (tertiary/aromatic N) is 1. The fourth-order valence-corrected chi connectivity index (χ4v) is 5.18. The van der Waals surface area contributed by atoms with Crippen molar-refractivity contribution in [2.45, 2.75) is 64.7 Å². The number of carbonyl (C=O) groups is 2. The van der Waals surface area contributed by atoms with Gasteiger partial charge in [0.1, 0.15) is 0 Å². The largest absolute Gasteiger partial charge is 0.493 e. The van der Waals surface area contributed by atoms with Crippen molar-refractivity contribution in [1.29, 1.82) is 0 Å². The Labute approximate surface area is 178 Å². The molecule has 0 radical (unpaired) electrons. The molecule has 0 fully saturated rings. The molecular weight excluding hydrogens is 378 g/mol. The molecule has 0 spiro atoms. The molecule has 0 saturated heterocycles. The second kappa shape index (κ2) is 8.66. The van der Waals surface area contributed by atoms with E-state index in [9.17, 15) is 9.59 Å². The van der Waals surface area contributed by atoms with Gasteiger partial charge in [0.2, 0.25) is 0 Å². The Hall–Kier alpha value is -2.56. The molecule has 0 bridgehead atoms. The van der Waals surface area contributed by atoms with Crippen LogP contribution < -0.4 is 9.47 Å². The summed E-state index contributed by atoms with van der Waals surface area (Å²) in [6, 6.07) is 5.84. The lowest BCUT2D eigenvalue weighted by molar-refractivity contribution is -0.117. The molecule has 0 N–H and O–H groups in total. The summed E-state index contributed by atoms with van der Waals surface area (Å²) < 4.78 is 11.3. The van der Waals surface area contributed by atoms with Gasteiger partial charge in [0, 0.05) is 47.8 Å². The minimum atomic E-state index is -0.298. The van der Waals surface area contributed by atoms with E-state index < -0.39 is 0 Å². The van der Waals surface area contributed by atoms with Crippen molar-refractivity contribution < 1.29 is 19.1 Å². The second-order valence-electron chi connectivity index (χ2n) is 8.20. The number of Topliss-reactive ketones (excluding diaryl/α,β-unsaturated/α-hetero) is 2. The summed E-state index contributed by atoms with van der Waals surface area (Å²) in [6.07, 6.45) is 5.66. The maximum atomic E-state index is 13.2. The Morgan fingerprint density at radius 3 is 2.10 bits per heavy atom. The van der Waals surface area contributed by atoms with Gasteiger partial charge in [-0.05, 0) is 56.7 Å². The molecule has 3 aliphatic rings. The van der Waals surface area contributed by atoms with Crippen molar-refractivity contribution in [3.63, 3.8) is 0 Å². The van der Waals surface area contributed by atoms with Gasteiger partial charge in [-0.25, -0.2) is 0 Å². The standard InChI is InChI=1S/C25H31NO4/c1-4-14-26-17-8-6-10-19(27)24(17)23(25-18(26)9-7-11-20(25)28)16-12-13-21(30-5-2)22(15-16)29-3/h12-13,15,23H,4-11,14H2,1-3H3. The van der Waals surface area contributed by atoms with Crippen LogP contribution in [0.25, 0.3) is 0 Å². The van der Waals surface area contributed by atoms with Crippen LogP contribution in [-0.2, 0) is 9.59 Å². The molecule has 0 aromatic heterocycles. The Morgan fingerprint density at radius 1 is 0.933 bits per heavy atom. The normalized spacial score (nSPS) is 19.8. The van der Waals surface area contributed by atoms with E-state index in [1.54, 1.807) is 7.11 Å². The molecule has 0 saturated carbocycles. The van der Waals surface area contributed by atoms with E-state index >= 15 is 0 Å². The summed E-state index contributed by atoms with van der Waals surface area (Å²) in [7, 11) is 1.62. The number of rotatable bonds is 6. The molecule has 0 atom stereocenters. The van der Waals surface area contributed by atoms with Crippen LogP contribution in [0.5, 0.6) is 11.5 Å². The van der Waals surface area contributed by atoms with Crippen LogP contribution in [-0.4, -0.2) is 36.7 Å². The summed E-state index contributed by atoms with van der Waals surface area (Å²) in [5.74, 6) is 1.38. The molecule has 160 valence electrons. The SMILES string of the molecule is CCCN1C2=C(C(=O)CCC2)C(c2ccc(OCC)c(OC)c2)C2=C1CCCC2=O. The van der Waals surface area contributed by atoms with Crippen molar-refractivity contribution in [2.24, 2.45) is 0 Å². The lowest BCUT2D eigenvalue weighted by Crippen LogP contribution is -2.39. The first kappa shape index (κ1) is 20.7. The Bertz CT molecular complexity index is 883. The summed E-state index contributed by atoms with van der Waals surface area (Å²) in [5, 5.41) is 0. The van der Waals surface area contributed by atoms with Crippen LogP contribution in [0.4, 0.5) is 0 Å². The zero-order chi connectivity index (χ0) is 21.3. The zero-order valence-electron chi connectivity index (χ0n) is 18.3. The van der Waals surface area contributed by atoms with Crippen LogP contribution in [0, 0.1) is 0 Å². The van der Waals surface area contributed by atoms with Crippen LogP contribution in [0.1, 0.15) is 70.3 Å².